The Kier molecular flexibility index (Phi) is 7.89. The second kappa shape index (κ2) is 11.0. The van der Waals surface area contributed by atoms with E-state index in [1.807, 2.05) is 0 Å². The third-order valence-electron chi connectivity index (χ3n) is 5.56. The maximum Gasteiger partial charge on any atom is 0.297 e. The molecule has 0 radical (unpaired) electrons. The summed E-state index contributed by atoms with van der Waals surface area (Å²) >= 11 is 12.1. The van der Waals surface area contributed by atoms with Crippen LogP contribution >= 0.6 is 23.2 Å². The molecule has 3 N–H and O–H groups in total. The maximum atomic E-state index is 13.3. The third-order valence-corrected chi connectivity index (χ3v) is 7.24. The van der Waals surface area contributed by atoms with Crippen LogP contribution in [0.4, 0.5) is 17.1 Å². The Balaban J connectivity index is 1.84. The molecule has 0 aliphatic heterocycles. The molecule has 1 amide bonds. The van der Waals surface area contributed by atoms with Gasteiger partial charge in [-0.2, -0.15) is 8.42 Å². The van der Waals surface area contributed by atoms with Crippen LogP contribution in [0.1, 0.15) is 22.8 Å². The number of ether oxygens (including phenoxy) is 1. The first-order valence-electron chi connectivity index (χ1n) is 11.2. The van der Waals surface area contributed by atoms with Crippen molar-refractivity contribution in [3.05, 3.63) is 81.8 Å². The number of azo groups is 1. The molecular formula is C26H21Cl2N3O6S. The first kappa shape index (κ1) is 27.3. The Morgan fingerprint density at radius 2 is 1.79 bits per heavy atom. The highest BCUT2D eigenvalue weighted by molar-refractivity contribution is 7.86. The van der Waals surface area contributed by atoms with Crippen LogP contribution in [0.2, 0.25) is 10.0 Å². The van der Waals surface area contributed by atoms with Gasteiger partial charge < -0.3 is 15.2 Å². The number of anilines is 1. The van der Waals surface area contributed by atoms with Crippen molar-refractivity contribution in [2.24, 2.45) is 10.2 Å². The van der Waals surface area contributed by atoms with Gasteiger partial charge in [-0.1, -0.05) is 47.5 Å². The van der Waals surface area contributed by atoms with E-state index in [4.69, 9.17) is 27.9 Å². The van der Waals surface area contributed by atoms with Gasteiger partial charge >= 0.3 is 0 Å². The van der Waals surface area contributed by atoms with Crippen LogP contribution in [-0.2, 0) is 10.1 Å². The standard InChI is InChI=1S/C26H21Cl2N3O6S/c1-3-37-22-11-8-16(27)13-21(22)29-26(33)18-12-15-6-4-5-7-17(15)23(24(18)32)31-30-20-10-9-19(28)14(2)25(20)38(34,35)36/h4-13,32H,3H2,1-2H3,(H,29,33)(H,34,35,36). The zero-order chi connectivity index (χ0) is 27.6. The number of hydrogen-bond donors (Lipinski definition) is 3. The fourth-order valence-electron chi connectivity index (χ4n) is 3.82. The summed E-state index contributed by atoms with van der Waals surface area (Å²) in [5.74, 6) is -0.779. The summed E-state index contributed by atoms with van der Waals surface area (Å²) in [6.45, 7) is 3.56. The van der Waals surface area contributed by atoms with Crippen molar-refractivity contribution in [2.45, 2.75) is 18.7 Å². The summed E-state index contributed by atoms with van der Waals surface area (Å²) in [4.78, 5) is 12.8. The van der Waals surface area contributed by atoms with Crippen molar-refractivity contribution in [2.75, 3.05) is 11.9 Å². The number of carbonyl (C=O) groups excluding carboxylic acids is 1. The van der Waals surface area contributed by atoms with Gasteiger partial charge in [0.05, 0.1) is 17.9 Å². The maximum absolute atomic E-state index is 13.3. The molecule has 4 aromatic carbocycles. The van der Waals surface area contributed by atoms with E-state index in [2.05, 4.69) is 15.5 Å². The van der Waals surface area contributed by atoms with E-state index >= 15 is 0 Å². The largest absolute Gasteiger partial charge is 0.505 e. The number of rotatable bonds is 7. The smallest absolute Gasteiger partial charge is 0.297 e. The molecule has 38 heavy (non-hydrogen) atoms. The van der Waals surface area contributed by atoms with Crippen LogP contribution in [0.25, 0.3) is 10.8 Å². The number of nitrogens with one attached hydrogen (secondary N) is 1. The molecule has 0 atom stereocenters. The number of carbonyl (C=O) groups is 1. The van der Waals surface area contributed by atoms with Crippen molar-refractivity contribution in [3.8, 4) is 11.5 Å². The number of hydrogen-bond acceptors (Lipinski definition) is 7. The molecule has 0 aromatic heterocycles. The summed E-state index contributed by atoms with van der Waals surface area (Å²) in [6, 6.07) is 15.7. The van der Waals surface area contributed by atoms with Crippen LogP contribution < -0.4 is 10.1 Å². The number of phenols is 1. The quantitative estimate of drug-likeness (QED) is 0.155. The fourth-order valence-corrected chi connectivity index (χ4v) is 5.08. The highest BCUT2D eigenvalue weighted by Gasteiger charge is 2.23. The minimum absolute atomic E-state index is 0.0828. The minimum atomic E-state index is -4.70. The monoisotopic (exact) mass is 573 g/mol. The molecule has 4 rings (SSSR count). The fraction of sp³-hybridized carbons (Fsp3) is 0.115. The zero-order valence-corrected chi connectivity index (χ0v) is 22.4. The lowest BCUT2D eigenvalue weighted by Crippen LogP contribution is -2.13. The molecule has 0 aliphatic carbocycles. The van der Waals surface area contributed by atoms with Crippen LogP contribution in [-0.4, -0.2) is 30.6 Å². The SMILES string of the molecule is CCOc1ccc(Cl)cc1NC(=O)c1cc2ccccc2c(N=Nc2ccc(Cl)c(C)c2S(=O)(=O)O)c1O. The van der Waals surface area contributed by atoms with Crippen molar-refractivity contribution in [1.29, 1.82) is 0 Å². The highest BCUT2D eigenvalue weighted by Crippen LogP contribution is 2.41. The van der Waals surface area contributed by atoms with Gasteiger partial charge in [-0.05, 0) is 61.2 Å². The first-order chi connectivity index (χ1) is 18.0. The van der Waals surface area contributed by atoms with E-state index in [1.54, 1.807) is 43.3 Å². The lowest BCUT2D eigenvalue weighted by atomic mass is 10.0. The second-order valence-electron chi connectivity index (χ2n) is 8.07. The van der Waals surface area contributed by atoms with Crippen molar-refractivity contribution in [3.63, 3.8) is 0 Å². The Morgan fingerprint density at radius 1 is 1.05 bits per heavy atom. The molecule has 0 spiro atoms. The zero-order valence-electron chi connectivity index (χ0n) is 20.1. The molecule has 0 aliphatic rings. The van der Waals surface area contributed by atoms with E-state index < -0.39 is 26.7 Å². The molecule has 0 heterocycles. The van der Waals surface area contributed by atoms with Gasteiger partial charge in [-0.15, -0.1) is 10.2 Å². The number of aromatic hydroxyl groups is 1. The number of amides is 1. The van der Waals surface area contributed by atoms with Crippen LogP contribution in [0, 0.1) is 6.92 Å². The molecule has 0 bridgehead atoms. The van der Waals surface area contributed by atoms with E-state index in [-0.39, 0.29) is 27.5 Å². The van der Waals surface area contributed by atoms with Gasteiger partial charge in [0.1, 0.15) is 22.0 Å². The minimum Gasteiger partial charge on any atom is -0.505 e. The lowest BCUT2D eigenvalue weighted by molar-refractivity contribution is 0.102. The van der Waals surface area contributed by atoms with E-state index in [9.17, 15) is 22.9 Å². The Morgan fingerprint density at radius 3 is 2.50 bits per heavy atom. The average molecular weight is 574 g/mol. The molecule has 0 saturated heterocycles. The topological polar surface area (TPSA) is 138 Å². The summed E-state index contributed by atoms with van der Waals surface area (Å²) in [7, 11) is -4.70. The predicted octanol–water partition coefficient (Wildman–Crippen LogP) is 7.47. The van der Waals surface area contributed by atoms with Crippen molar-refractivity contribution in [1.82, 2.24) is 0 Å². The lowest BCUT2D eigenvalue weighted by Gasteiger charge is -2.14. The van der Waals surface area contributed by atoms with Crippen molar-refractivity contribution >= 4 is 67.1 Å². The molecular weight excluding hydrogens is 553 g/mol. The molecule has 12 heteroatoms. The summed E-state index contributed by atoms with van der Waals surface area (Å²) in [5.41, 5.74) is -0.0254. The van der Waals surface area contributed by atoms with E-state index in [0.717, 1.165) is 0 Å². The average Bonchev–Trinajstić information content (AvgIpc) is 2.86. The first-order valence-corrected chi connectivity index (χ1v) is 13.4. The van der Waals surface area contributed by atoms with E-state index in [0.29, 0.717) is 33.8 Å². The Hall–Kier alpha value is -3.70. The van der Waals surface area contributed by atoms with E-state index in [1.165, 1.54) is 31.2 Å². The number of fused-ring (bicyclic) bond motifs is 1. The summed E-state index contributed by atoms with van der Waals surface area (Å²) in [5, 5.41) is 23.4. The van der Waals surface area contributed by atoms with Gasteiger partial charge in [0, 0.05) is 15.4 Å². The Labute approximate surface area is 228 Å². The Bertz CT molecular complexity index is 1710. The number of nitrogens with zero attached hydrogens (tertiary/aromatic N) is 2. The molecule has 4 aromatic rings. The normalized spacial score (nSPS) is 11.7. The van der Waals surface area contributed by atoms with Crippen LogP contribution in [0.3, 0.4) is 0 Å². The number of halogens is 2. The highest BCUT2D eigenvalue weighted by atomic mass is 35.5. The predicted molar refractivity (Wildman–Crippen MR) is 146 cm³/mol. The van der Waals surface area contributed by atoms with Gasteiger partial charge in [0.15, 0.2) is 5.75 Å². The summed E-state index contributed by atoms with van der Waals surface area (Å²) in [6.07, 6.45) is 0. The van der Waals surface area contributed by atoms with Crippen LogP contribution in [0.15, 0.2) is 75.8 Å². The van der Waals surface area contributed by atoms with Gasteiger partial charge in [-0.25, -0.2) is 0 Å². The number of benzene rings is 4. The molecule has 0 fully saturated rings. The summed E-state index contributed by atoms with van der Waals surface area (Å²) < 4.78 is 39.3. The second-order valence-corrected chi connectivity index (χ2v) is 10.3. The molecule has 196 valence electrons. The van der Waals surface area contributed by atoms with Gasteiger partial charge in [0.25, 0.3) is 16.0 Å². The molecule has 0 saturated carbocycles. The number of phenolic OH excluding ortho intramolecular Hbond substituents is 1. The van der Waals surface area contributed by atoms with Crippen LogP contribution in [0.5, 0.6) is 11.5 Å². The van der Waals surface area contributed by atoms with Crippen molar-refractivity contribution < 1.29 is 27.6 Å². The third kappa shape index (κ3) is 5.58. The van der Waals surface area contributed by atoms with Gasteiger partial charge in [-0.3, -0.25) is 9.35 Å². The molecule has 0 unspecified atom stereocenters. The van der Waals surface area contributed by atoms with Gasteiger partial charge in [0.2, 0.25) is 0 Å². The molecule has 9 nitrogen and oxygen atoms in total.